The summed E-state index contributed by atoms with van der Waals surface area (Å²) < 4.78 is 19.0. The Balaban J connectivity index is 2.07. The van der Waals surface area contributed by atoms with Crippen molar-refractivity contribution < 1.29 is 24.1 Å². The number of aliphatic hydroxyl groups excluding tert-OH is 1. The fraction of sp³-hybridized carbons (Fsp3) is 0.143. The molecule has 2 aromatic rings. The number of nitrogens with zero attached hydrogens (tertiary/aromatic N) is 1. The fourth-order valence-electron chi connectivity index (χ4n) is 2.56. The van der Waals surface area contributed by atoms with Gasteiger partial charge < -0.3 is 14.9 Å². The zero-order chi connectivity index (χ0) is 20.3. The molecule has 0 bridgehead atoms. The Hall–Kier alpha value is -3.06. The Morgan fingerprint density at radius 3 is 2.68 bits per heavy atom. The molecular formula is C21H18FNO4S. The lowest BCUT2D eigenvalue weighted by Crippen LogP contribution is -2.12. The number of carbonyl (C=O) groups excluding carboxylic acids is 1. The van der Waals surface area contributed by atoms with Gasteiger partial charge in [-0.2, -0.15) is 0 Å². The molecule has 0 spiro atoms. The highest BCUT2D eigenvalue weighted by Gasteiger charge is 2.33. The molecule has 0 radical (unpaired) electrons. The van der Waals surface area contributed by atoms with Crippen LogP contribution in [-0.4, -0.2) is 27.8 Å². The summed E-state index contributed by atoms with van der Waals surface area (Å²) in [7, 11) is 0. The highest BCUT2D eigenvalue weighted by molar-refractivity contribution is 8.18. The standard InChI is InChI=1S/C21H18FNO4S/c1-3-27-21(26)18-19(25)17(11-13-8-9-16(24)12(2)10-13)28-20(18)23-15-7-5-4-6-14(15)22/h4-11,24-25H,3H2,1-2H3. The molecule has 0 unspecified atom stereocenters. The summed E-state index contributed by atoms with van der Waals surface area (Å²) in [5.41, 5.74) is 1.35. The van der Waals surface area contributed by atoms with Crippen molar-refractivity contribution in [1.82, 2.24) is 0 Å². The van der Waals surface area contributed by atoms with Crippen LogP contribution in [-0.2, 0) is 9.53 Å². The number of ether oxygens (including phenoxy) is 1. The second kappa shape index (κ2) is 8.31. The van der Waals surface area contributed by atoms with Crippen LogP contribution >= 0.6 is 11.8 Å². The molecule has 144 valence electrons. The van der Waals surface area contributed by atoms with Crippen LogP contribution in [0.3, 0.4) is 0 Å². The lowest BCUT2D eigenvalue weighted by Gasteiger charge is -2.04. The number of benzene rings is 2. The van der Waals surface area contributed by atoms with E-state index < -0.39 is 11.8 Å². The molecule has 0 saturated heterocycles. The molecule has 0 aliphatic carbocycles. The van der Waals surface area contributed by atoms with Crippen molar-refractivity contribution in [1.29, 1.82) is 0 Å². The van der Waals surface area contributed by atoms with Gasteiger partial charge in [-0.1, -0.05) is 30.0 Å². The minimum atomic E-state index is -0.729. The maximum absolute atomic E-state index is 14.0. The van der Waals surface area contributed by atoms with Gasteiger partial charge in [0, 0.05) is 0 Å². The van der Waals surface area contributed by atoms with Gasteiger partial charge in [-0.05, 0) is 55.3 Å². The number of aliphatic hydroxyl groups is 1. The average molecular weight is 399 g/mol. The van der Waals surface area contributed by atoms with E-state index in [0.717, 1.165) is 17.3 Å². The number of aliphatic imine (C=N–C) groups is 1. The summed E-state index contributed by atoms with van der Waals surface area (Å²) in [4.78, 5) is 16.9. The van der Waals surface area contributed by atoms with Gasteiger partial charge in [0.15, 0.2) is 0 Å². The van der Waals surface area contributed by atoms with Crippen LogP contribution < -0.4 is 0 Å². The summed E-state index contributed by atoms with van der Waals surface area (Å²) in [6, 6.07) is 10.9. The molecule has 0 aromatic heterocycles. The minimum absolute atomic E-state index is 0.0568. The van der Waals surface area contributed by atoms with Crippen LogP contribution in [0.4, 0.5) is 10.1 Å². The monoisotopic (exact) mass is 399 g/mol. The predicted octanol–water partition coefficient (Wildman–Crippen LogP) is 5.03. The normalized spacial score (nSPS) is 16.8. The number of hydrogen-bond acceptors (Lipinski definition) is 6. The SMILES string of the molecule is CCOC(=O)C1=C(O)C(=Cc2ccc(O)c(C)c2)SC1=Nc1ccccc1F. The van der Waals surface area contributed by atoms with E-state index in [1.165, 1.54) is 12.1 Å². The van der Waals surface area contributed by atoms with Crippen molar-refractivity contribution in [3.05, 3.63) is 75.6 Å². The first-order chi connectivity index (χ1) is 13.4. The molecule has 0 saturated carbocycles. The Morgan fingerprint density at radius 2 is 2.00 bits per heavy atom. The first kappa shape index (κ1) is 19.7. The number of aromatic hydroxyl groups is 1. The molecule has 1 aliphatic heterocycles. The third-order valence-electron chi connectivity index (χ3n) is 3.96. The predicted molar refractivity (Wildman–Crippen MR) is 108 cm³/mol. The third-order valence-corrected chi connectivity index (χ3v) is 4.98. The summed E-state index contributed by atoms with van der Waals surface area (Å²) in [5.74, 6) is -1.38. The number of hydrogen-bond donors (Lipinski definition) is 2. The second-order valence-corrected chi connectivity index (χ2v) is 7.00. The Bertz CT molecular complexity index is 1030. The molecule has 1 heterocycles. The van der Waals surface area contributed by atoms with Gasteiger partial charge in [0.25, 0.3) is 0 Å². The first-order valence-corrected chi connectivity index (χ1v) is 9.35. The number of rotatable bonds is 4. The topological polar surface area (TPSA) is 79.1 Å². The van der Waals surface area contributed by atoms with E-state index in [1.54, 1.807) is 50.3 Å². The molecule has 0 amide bonds. The van der Waals surface area contributed by atoms with E-state index in [9.17, 15) is 19.4 Å². The maximum atomic E-state index is 14.0. The van der Waals surface area contributed by atoms with Gasteiger partial charge >= 0.3 is 5.97 Å². The number of phenolic OH excluding ortho intramolecular Hbond substituents is 1. The minimum Gasteiger partial charge on any atom is -0.508 e. The van der Waals surface area contributed by atoms with Crippen LogP contribution in [0.5, 0.6) is 5.75 Å². The van der Waals surface area contributed by atoms with Gasteiger partial charge in [0.2, 0.25) is 0 Å². The molecule has 28 heavy (non-hydrogen) atoms. The molecule has 7 heteroatoms. The summed E-state index contributed by atoms with van der Waals surface area (Å²) in [6.45, 7) is 3.54. The number of thioether (sulfide) groups is 1. The molecule has 3 rings (SSSR count). The number of carbonyl (C=O) groups is 1. The highest BCUT2D eigenvalue weighted by Crippen LogP contribution is 2.40. The van der Waals surface area contributed by atoms with Gasteiger partial charge in [-0.3, -0.25) is 0 Å². The van der Waals surface area contributed by atoms with Crippen LogP contribution in [0.2, 0.25) is 0 Å². The number of para-hydroxylation sites is 1. The Kier molecular flexibility index (Phi) is 5.84. The lowest BCUT2D eigenvalue weighted by atomic mass is 10.1. The maximum Gasteiger partial charge on any atom is 0.344 e. The molecular weight excluding hydrogens is 381 g/mol. The van der Waals surface area contributed by atoms with Crippen molar-refractivity contribution in [3.8, 4) is 5.75 Å². The van der Waals surface area contributed by atoms with E-state index >= 15 is 0 Å². The number of halogens is 1. The molecule has 2 aromatic carbocycles. The largest absolute Gasteiger partial charge is 0.508 e. The van der Waals surface area contributed by atoms with Crippen LogP contribution in [0.15, 0.2) is 63.7 Å². The number of aryl methyl sites for hydroxylation is 1. The van der Waals surface area contributed by atoms with Crippen LogP contribution in [0.1, 0.15) is 18.1 Å². The highest BCUT2D eigenvalue weighted by atomic mass is 32.2. The summed E-state index contributed by atoms with van der Waals surface area (Å²) in [5, 5.41) is 20.4. The average Bonchev–Trinajstić information content (AvgIpc) is 2.95. The van der Waals surface area contributed by atoms with Crippen molar-refractivity contribution >= 4 is 34.5 Å². The van der Waals surface area contributed by atoms with Crippen molar-refractivity contribution in [2.75, 3.05) is 6.61 Å². The number of esters is 1. The first-order valence-electron chi connectivity index (χ1n) is 8.54. The van der Waals surface area contributed by atoms with Gasteiger partial charge in [-0.15, -0.1) is 0 Å². The fourth-order valence-corrected chi connectivity index (χ4v) is 3.59. The van der Waals surface area contributed by atoms with Crippen molar-refractivity contribution in [3.63, 3.8) is 0 Å². The molecule has 5 nitrogen and oxygen atoms in total. The quantitative estimate of drug-likeness (QED) is 0.705. The van der Waals surface area contributed by atoms with E-state index in [4.69, 9.17) is 4.74 Å². The molecule has 0 atom stereocenters. The smallest absolute Gasteiger partial charge is 0.344 e. The lowest BCUT2D eigenvalue weighted by molar-refractivity contribution is -0.138. The molecule has 0 fully saturated rings. The van der Waals surface area contributed by atoms with Crippen LogP contribution in [0, 0.1) is 12.7 Å². The summed E-state index contributed by atoms with van der Waals surface area (Å²) in [6.07, 6.45) is 1.66. The van der Waals surface area contributed by atoms with Crippen molar-refractivity contribution in [2.45, 2.75) is 13.8 Å². The summed E-state index contributed by atoms with van der Waals surface area (Å²) >= 11 is 1.05. The zero-order valence-electron chi connectivity index (χ0n) is 15.3. The van der Waals surface area contributed by atoms with E-state index in [0.29, 0.717) is 10.5 Å². The molecule has 2 N–H and O–H groups in total. The van der Waals surface area contributed by atoms with E-state index in [2.05, 4.69) is 4.99 Å². The molecule has 1 aliphatic rings. The van der Waals surface area contributed by atoms with Gasteiger partial charge in [-0.25, -0.2) is 14.2 Å². The Labute approximate surface area is 165 Å². The van der Waals surface area contributed by atoms with Gasteiger partial charge in [0.05, 0.1) is 11.5 Å². The number of phenols is 1. The van der Waals surface area contributed by atoms with Crippen molar-refractivity contribution in [2.24, 2.45) is 4.99 Å². The van der Waals surface area contributed by atoms with E-state index in [-0.39, 0.29) is 34.4 Å². The van der Waals surface area contributed by atoms with E-state index in [1.807, 2.05) is 0 Å². The zero-order valence-corrected chi connectivity index (χ0v) is 16.1. The Morgan fingerprint density at radius 1 is 1.25 bits per heavy atom. The third kappa shape index (κ3) is 4.09. The van der Waals surface area contributed by atoms with Gasteiger partial charge in [0.1, 0.15) is 33.6 Å². The second-order valence-electron chi connectivity index (χ2n) is 5.97. The van der Waals surface area contributed by atoms with Crippen LogP contribution in [0.25, 0.3) is 6.08 Å².